The fourth-order valence-corrected chi connectivity index (χ4v) is 2.57. The lowest BCUT2D eigenvalue weighted by atomic mass is 10.2. The summed E-state index contributed by atoms with van der Waals surface area (Å²) in [6, 6.07) is 18.2. The van der Waals surface area contributed by atoms with Gasteiger partial charge in [0.2, 0.25) is 0 Å². The second-order valence-electron chi connectivity index (χ2n) is 4.27. The summed E-state index contributed by atoms with van der Waals surface area (Å²) >= 11 is 1.69. The molecule has 2 aromatic heterocycles. The van der Waals surface area contributed by atoms with Gasteiger partial charge in [-0.3, -0.25) is 4.98 Å². The maximum Gasteiger partial charge on any atom is 0.119 e. The summed E-state index contributed by atoms with van der Waals surface area (Å²) in [7, 11) is 0. The number of aromatic nitrogens is 3. The molecule has 0 fully saturated rings. The van der Waals surface area contributed by atoms with E-state index >= 15 is 0 Å². The Kier molecular flexibility index (Phi) is 4.04. The highest BCUT2D eigenvalue weighted by atomic mass is 32.2. The van der Waals surface area contributed by atoms with Gasteiger partial charge in [-0.05, 0) is 29.8 Å². The first-order chi connectivity index (χ1) is 9.92. The van der Waals surface area contributed by atoms with Crippen LogP contribution in [0.2, 0.25) is 0 Å². The first kappa shape index (κ1) is 12.8. The van der Waals surface area contributed by atoms with Crippen molar-refractivity contribution in [2.24, 2.45) is 0 Å². The van der Waals surface area contributed by atoms with Crippen molar-refractivity contribution in [2.45, 2.75) is 10.8 Å². The molecule has 3 aromatic rings. The summed E-state index contributed by atoms with van der Waals surface area (Å²) in [5.41, 5.74) is 3.20. The molecule has 3 nitrogen and oxygen atoms in total. The highest BCUT2D eigenvalue weighted by Gasteiger charge is 2.01. The molecule has 20 heavy (non-hydrogen) atoms. The molecule has 0 saturated heterocycles. The summed E-state index contributed by atoms with van der Waals surface area (Å²) < 4.78 is 0. The predicted octanol–water partition coefficient (Wildman–Crippen LogP) is 3.83. The molecule has 0 radical (unpaired) electrons. The quantitative estimate of drug-likeness (QED) is 0.680. The molecule has 0 N–H and O–H groups in total. The van der Waals surface area contributed by atoms with Crippen molar-refractivity contribution in [2.75, 3.05) is 0 Å². The van der Waals surface area contributed by atoms with E-state index in [4.69, 9.17) is 0 Å². The van der Waals surface area contributed by atoms with Crippen LogP contribution in [0.4, 0.5) is 0 Å². The van der Waals surface area contributed by atoms with Crippen LogP contribution in [0.25, 0.3) is 11.3 Å². The molecule has 0 spiro atoms. The number of hydrogen-bond donors (Lipinski definition) is 0. The Balaban J connectivity index is 1.68. The normalized spacial score (nSPS) is 10.4. The molecular formula is C16H13N3S. The van der Waals surface area contributed by atoms with Crippen LogP contribution in [0.1, 0.15) is 5.56 Å². The van der Waals surface area contributed by atoms with E-state index in [1.54, 1.807) is 24.2 Å². The van der Waals surface area contributed by atoms with E-state index in [-0.39, 0.29) is 0 Å². The van der Waals surface area contributed by atoms with Crippen molar-refractivity contribution in [1.82, 2.24) is 15.2 Å². The van der Waals surface area contributed by atoms with Crippen LogP contribution in [0, 0.1) is 0 Å². The number of pyridine rings is 1. The zero-order valence-electron chi connectivity index (χ0n) is 10.8. The lowest BCUT2D eigenvalue weighted by molar-refractivity contribution is 0.935. The van der Waals surface area contributed by atoms with Gasteiger partial charge in [-0.25, -0.2) is 0 Å². The van der Waals surface area contributed by atoms with Crippen LogP contribution in [0.15, 0.2) is 72.0 Å². The molecule has 0 aliphatic carbocycles. The van der Waals surface area contributed by atoms with Crippen molar-refractivity contribution in [3.05, 3.63) is 72.6 Å². The Morgan fingerprint density at radius 1 is 0.800 bits per heavy atom. The molecule has 0 bridgehead atoms. The molecule has 1 aromatic carbocycles. The summed E-state index contributed by atoms with van der Waals surface area (Å²) in [6.07, 6.45) is 3.52. The first-order valence-electron chi connectivity index (χ1n) is 6.33. The maximum atomic E-state index is 4.26. The molecule has 0 atom stereocenters. The summed E-state index contributed by atoms with van der Waals surface area (Å²) in [5.74, 6) is 0.907. The largest absolute Gasteiger partial charge is 0.265 e. The van der Waals surface area contributed by atoms with Crippen molar-refractivity contribution in [1.29, 1.82) is 0 Å². The van der Waals surface area contributed by atoms with Gasteiger partial charge in [0.15, 0.2) is 0 Å². The second kappa shape index (κ2) is 6.30. The zero-order valence-corrected chi connectivity index (χ0v) is 11.6. The molecule has 0 aliphatic rings. The average Bonchev–Trinajstić information content (AvgIpc) is 2.55. The zero-order chi connectivity index (χ0) is 13.6. The van der Waals surface area contributed by atoms with Gasteiger partial charge in [-0.2, -0.15) is 0 Å². The second-order valence-corrected chi connectivity index (χ2v) is 5.26. The van der Waals surface area contributed by atoms with Gasteiger partial charge in [0.1, 0.15) is 5.03 Å². The highest BCUT2D eigenvalue weighted by molar-refractivity contribution is 7.98. The lowest BCUT2D eigenvalue weighted by Crippen LogP contribution is -1.90. The Labute approximate surface area is 122 Å². The van der Waals surface area contributed by atoms with Gasteiger partial charge in [-0.15, -0.1) is 10.2 Å². The fourth-order valence-electron chi connectivity index (χ4n) is 1.81. The van der Waals surface area contributed by atoms with Gasteiger partial charge in [0.05, 0.1) is 5.69 Å². The standard InChI is InChI=1S/C16H13N3S/c1-2-4-13(5-3-1)12-20-16-7-6-15(18-19-16)14-8-10-17-11-9-14/h1-11H,12H2. The van der Waals surface area contributed by atoms with Crippen LogP contribution < -0.4 is 0 Å². The highest BCUT2D eigenvalue weighted by Crippen LogP contribution is 2.22. The van der Waals surface area contributed by atoms with E-state index in [0.717, 1.165) is 22.0 Å². The topological polar surface area (TPSA) is 38.7 Å². The third-order valence-electron chi connectivity index (χ3n) is 2.85. The fraction of sp³-hybridized carbons (Fsp3) is 0.0625. The van der Waals surface area contributed by atoms with E-state index in [1.807, 2.05) is 42.5 Å². The SMILES string of the molecule is c1ccc(CSc2ccc(-c3ccncc3)nn2)cc1. The van der Waals surface area contributed by atoms with Crippen molar-refractivity contribution in [3.63, 3.8) is 0 Å². The minimum atomic E-state index is 0.872. The molecule has 2 heterocycles. The molecule has 0 unspecified atom stereocenters. The Morgan fingerprint density at radius 3 is 2.30 bits per heavy atom. The minimum Gasteiger partial charge on any atom is -0.265 e. The number of rotatable bonds is 4. The number of nitrogens with zero attached hydrogens (tertiary/aromatic N) is 3. The van der Waals surface area contributed by atoms with Crippen LogP contribution in [0.5, 0.6) is 0 Å². The Hall–Kier alpha value is -2.20. The summed E-state index contributed by atoms with van der Waals surface area (Å²) in [6.45, 7) is 0. The van der Waals surface area contributed by atoms with Crippen LogP contribution in [0.3, 0.4) is 0 Å². The molecule has 3 rings (SSSR count). The minimum absolute atomic E-state index is 0.872. The van der Waals surface area contributed by atoms with Crippen molar-refractivity contribution in [3.8, 4) is 11.3 Å². The van der Waals surface area contributed by atoms with Crippen molar-refractivity contribution < 1.29 is 0 Å². The number of benzene rings is 1. The maximum absolute atomic E-state index is 4.26. The summed E-state index contributed by atoms with van der Waals surface area (Å²) in [5, 5.41) is 9.46. The third kappa shape index (κ3) is 3.22. The Morgan fingerprint density at radius 2 is 1.60 bits per heavy atom. The van der Waals surface area contributed by atoms with E-state index in [9.17, 15) is 0 Å². The average molecular weight is 279 g/mol. The van der Waals surface area contributed by atoms with Crippen molar-refractivity contribution >= 4 is 11.8 Å². The molecule has 0 amide bonds. The molecule has 0 aliphatic heterocycles. The van der Waals surface area contributed by atoms with Gasteiger partial charge >= 0.3 is 0 Å². The van der Waals surface area contributed by atoms with Gasteiger partial charge < -0.3 is 0 Å². The number of hydrogen-bond acceptors (Lipinski definition) is 4. The lowest BCUT2D eigenvalue weighted by Gasteiger charge is -2.02. The van der Waals surface area contributed by atoms with E-state index in [0.29, 0.717) is 0 Å². The molecule has 4 heteroatoms. The van der Waals surface area contributed by atoms with Gasteiger partial charge in [0, 0.05) is 23.7 Å². The Bertz CT molecular complexity index is 654. The van der Waals surface area contributed by atoms with E-state index in [1.165, 1.54) is 5.56 Å². The van der Waals surface area contributed by atoms with Crippen LogP contribution in [-0.2, 0) is 5.75 Å². The van der Waals surface area contributed by atoms with Crippen LogP contribution in [-0.4, -0.2) is 15.2 Å². The van der Waals surface area contributed by atoms with Crippen LogP contribution >= 0.6 is 11.8 Å². The van der Waals surface area contributed by atoms with Gasteiger partial charge in [-0.1, -0.05) is 42.1 Å². The molecule has 98 valence electrons. The monoisotopic (exact) mass is 279 g/mol. The number of thioether (sulfide) groups is 1. The predicted molar refractivity (Wildman–Crippen MR) is 81.3 cm³/mol. The van der Waals surface area contributed by atoms with Gasteiger partial charge in [0.25, 0.3) is 0 Å². The molecule has 0 saturated carbocycles. The van der Waals surface area contributed by atoms with E-state index < -0.39 is 0 Å². The third-order valence-corrected chi connectivity index (χ3v) is 3.84. The first-order valence-corrected chi connectivity index (χ1v) is 7.31. The van der Waals surface area contributed by atoms with E-state index in [2.05, 4.69) is 27.3 Å². The smallest absolute Gasteiger partial charge is 0.119 e. The summed E-state index contributed by atoms with van der Waals surface area (Å²) in [4.78, 5) is 4.00. The molecular weight excluding hydrogens is 266 g/mol.